The third-order valence-corrected chi connectivity index (χ3v) is 6.12. The number of thiophene rings is 1. The molecule has 1 aromatic rings. The summed E-state index contributed by atoms with van der Waals surface area (Å²) in [5.74, 6) is 0. The van der Waals surface area contributed by atoms with Crippen LogP contribution in [0.4, 0.5) is 0 Å². The van der Waals surface area contributed by atoms with E-state index in [0.29, 0.717) is 4.88 Å². The molecule has 1 aliphatic carbocycles. The van der Waals surface area contributed by atoms with Crippen LogP contribution in [-0.4, -0.2) is 19.1 Å². The molecule has 18 heavy (non-hydrogen) atoms. The molecule has 0 aromatic carbocycles. The molecule has 0 atom stereocenters. The van der Waals surface area contributed by atoms with Crippen LogP contribution in [0.1, 0.15) is 43.9 Å². The second-order valence-corrected chi connectivity index (χ2v) is 7.81. The lowest BCUT2D eigenvalue weighted by Crippen LogP contribution is -2.46. The van der Waals surface area contributed by atoms with Crippen LogP contribution in [0.2, 0.25) is 0 Å². The zero-order valence-electron chi connectivity index (χ0n) is 10.5. The van der Waals surface area contributed by atoms with Crippen LogP contribution in [-0.2, 0) is 16.6 Å². The quantitative estimate of drug-likeness (QED) is 0.893. The molecule has 1 heterocycles. The molecular weight excluding hydrogens is 270 g/mol. The van der Waals surface area contributed by atoms with E-state index in [2.05, 4.69) is 4.72 Å². The molecule has 0 saturated heterocycles. The summed E-state index contributed by atoms with van der Waals surface area (Å²) in [4.78, 5) is 0.938. The molecule has 0 bridgehead atoms. The highest BCUT2D eigenvalue weighted by Gasteiger charge is 2.32. The fourth-order valence-electron chi connectivity index (χ4n) is 2.40. The van der Waals surface area contributed by atoms with E-state index in [4.69, 9.17) is 5.11 Å². The van der Waals surface area contributed by atoms with Gasteiger partial charge in [0.1, 0.15) is 0 Å². The molecule has 1 aromatic heterocycles. The van der Waals surface area contributed by atoms with E-state index in [1.165, 1.54) is 17.8 Å². The van der Waals surface area contributed by atoms with Crippen molar-refractivity contribution in [3.8, 4) is 0 Å². The molecule has 102 valence electrons. The van der Waals surface area contributed by atoms with Crippen LogP contribution in [0.25, 0.3) is 0 Å². The first kappa shape index (κ1) is 14.0. The van der Waals surface area contributed by atoms with Crippen molar-refractivity contribution in [2.75, 3.05) is 0 Å². The average Bonchev–Trinajstić information content (AvgIpc) is 2.77. The van der Waals surface area contributed by atoms with Crippen LogP contribution < -0.4 is 4.72 Å². The third kappa shape index (κ3) is 3.12. The fourth-order valence-corrected chi connectivity index (χ4v) is 5.00. The Morgan fingerprint density at radius 1 is 1.39 bits per heavy atom. The summed E-state index contributed by atoms with van der Waals surface area (Å²) in [5, 5.41) is 10.6. The largest absolute Gasteiger partial charge is 0.391 e. The second-order valence-electron chi connectivity index (χ2n) is 5.13. The standard InChI is InChI=1S/C12H19NO3S2/c1-12(5-3-2-4-6-12)13-18(15,16)11-7-10(8-14)17-9-11/h7,9,13-14H,2-6,8H2,1H3. The van der Waals surface area contributed by atoms with Crippen molar-refractivity contribution >= 4 is 21.4 Å². The average molecular weight is 289 g/mol. The van der Waals surface area contributed by atoms with Gasteiger partial charge in [0.2, 0.25) is 10.0 Å². The maximum Gasteiger partial charge on any atom is 0.241 e. The molecule has 0 radical (unpaired) electrons. The molecule has 0 unspecified atom stereocenters. The van der Waals surface area contributed by atoms with E-state index in [-0.39, 0.29) is 17.0 Å². The lowest BCUT2D eigenvalue weighted by atomic mass is 9.84. The molecule has 1 aliphatic rings. The van der Waals surface area contributed by atoms with Gasteiger partial charge in [0.15, 0.2) is 0 Å². The van der Waals surface area contributed by atoms with Gasteiger partial charge in [-0.1, -0.05) is 19.3 Å². The van der Waals surface area contributed by atoms with E-state index >= 15 is 0 Å². The van der Waals surface area contributed by atoms with E-state index < -0.39 is 10.0 Å². The molecular formula is C12H19NO3S2. The highest BCUT2D eigenvalue weighted by atomic mass is 32.2. The summed E-state index contributed by atoms with van der Waals surface area (Å²) in [6.07, 6.45) is 5.12. The van der Waals surface area contributed by atoms with Crippen molar-refractivity contribution in [2.45, 2.75) is 56.1 Å². The van der Waals surface area contributed by atoms with Crippen LogP contribution in [0.15, 0.2) is 16.3 Å². The van der Waals surface area contributed by atoms with E-state index in [1.807, 2.05) is 6.92 Å². The van der Waals surface area contributed by atoms with Gasteiger partial charge in [0.25, 0.3) is 0 Å². The Morgan fingerprint density at radius 2 is 2.06 bits per heavy atom. The Hall–Kier alpha value is -0.430. The predicted molar refractivity (Wildman–Crippen MR) is 72.1 cm³/mol. The molecule has 6 heteroatoms. The number of nitrogens with one attached hydrogen (secondary N) is 1. The smallest absolute Gasteiger partial charge is 0.241 e. The molecule has 0 spiro atoms. The molecule has 1 fully saturated rings. The van der Waals surface area contributed by atoms with Crippen LogP contribution in [0.5, 0.6) is 0 Å². The van der Waals surface area contributed by atoms with Crippen molar-refractivity contribution in [2.24, 2.45) is 0 Å². The minimum atomic E-state index is -3.46. The Labute approximate surface area is 112 Å². The zero-order valence-corrected chi connectivity index (χ0v) is 12.1. The topological polar surface area (TPSA) is 66.4 Å². The lowest BCUT2D eigenvalue weighted by molar-refractivity contribution is 0.285. The van der Waals surface area contributed by atoms with Gasteiger partial charge in [-0.3, -0.25) is 0 Å². The van der Waals surface area contributed by atoms with E-state index in [9.17, 15) is 8.42 Å². The highest BCUT2D eigenvalue weighted by Crippen LogP contribution is 2.30. The number of sulfonamides is 1. The molecule has 0 aliphatic heterocycles. The number of hydrogen-bond acceptors (Lipinski definition) is 4. The van der Waals surface area contributed by atoms with Gasteiger partial charge in [0.05, 0.1) is 11.5 Å². The SMILES string of the molecule is CC1(NS(=O)(=O)c2csc(CO)c2)CCCCC1. The first-order valence-corrected chi connectivity index (χ1v) is 8.54. The highest BCUT2D eigenvalue weighted by molar-refractivity contribution is 7.89. The summed E-state index contributed by atoms with van der Waals surface area (Å²) in [5.41, 5.74) is -0.321. The lowest BCUT2D eigenvalue weighted by Gasteiger charge is -2.33. The normalized spacial score (nSPS) is 19.9. The summed E-state index contributed by atoms with van der Waals surface area (Å²) in [6.45, 7) is 1.86. The van der Waals surface area contributed by atoms with Crippen LogP contribution >= 0.6 is 11.3 Å². The van der Waals surface area contributed by atoms with Gasteiger partial charge < -0.3 is 5.11 Å². The summed E-state index contributed by atoms with van der Waals surface area (Å²) < 4.78 is 27.3. The molecule has 2 N–H and O–H groups in total. The zero-order chi connectivity index (χ0) is 13.2. The Bertz CT molecular complexity index is 501. The van der Waals surface area contributed by atoms with Crippen molar-refractivity contribution < 1.29 is 13.5 Å². The van der Waals surface area contributed by atoms with Crippen molar-refractivity contribution in [3.63, 3.8) is 0 Å². The summed E-state index contributed by atoms with van der Waals surface area (Å²) in [7, 11) is -3.46. The second kappa shape index (κ2) is 5.28. The minimum Gasteiger partial charge on any atom is -0.391 e. The molecule has 1 saturated carbocycles. The predicted octanol–water partition coefficient (Wildman–Crippen LogP) is 2.24. The maximum atomic E-state index is 12.2. The summed E-state index contributed by atoms with van der Waals surface area (Å²) in [6, 6.07) is 1.54. The minimum absolute atomic E-state index is 0.114. The maximum absolute atomic E-state index is 12.2. The number of rotatable bonds is 4. The van der Waals surface area contributed by atoms with Crippen molar-refractivity contribution in [1.82, 2.24) is 4.72 Å². The molecule has 2 rings (SSSR count). The van der Waals surface area contributed by atoms with E-state index in [1.54, 1.807) is 11.4 Å². The van der Waals surface area contributed by atoms with Crippen LogP contribution in [0, 0.1) is 0 Å². The van der Waals surface area contributed by atoms with Crippen molar-refractivity contribution in [3.05, 3.63) is 16.3 Å². The third-order valence-electron chi connectivity index (χ3n) is 3.43. The first-order valence-electron chi connectivity index (χ1n) is 6.17. The van der Waals surface area contributed by atoms with Gasteiger partial charge in [-0.15, -0.1) is 11.3 Å². The van der Waals surface area contributed by atoms with Gasteiger partial charge in [-0.05, 0) is 25.8 Å². The summed E-state index contributed by atoms with van der Waals surface area (Å²) >= 11 is 1.27. The monoisotopic (exact) mass is 289 g/mol. The Morgan fingerprint density at radius 3 is 2.61 bits per heavy atom. The molecule has 0 amide bonds. The molecule has 4 nitrogen and oxygen atoms in total. The van der Waals surface area contributed by atoms with Gasteiger partial charge in [-0.25, -0.2) is 13.1 Å². The number of hydrogen-bond donors (Lipinski definition) is 2. The Balaban J connectivity index is 2.16. The fraction of sp³-hybridized carbons (Fsp3) is 0.667. The van der Waals surface area contributed by atoms with Gasteiger partial charge >= 0.3 is 0 Å². The van der Waals surface area contributed by atoms with Crippen LogP contribution in [0.3, 0.4) is 0 Å². The van der Waals surface area contributed by atoms with Gasteiger partial charge in [0, 0.05) is 15.8 Å². The van der Waals surface area contributed by atoms with Crippen molar-refractivity contribution in [1.29, 1.82) is 0 Å². The first-order chi connectivity index (χ1) is 8.45. The number of aliphatic hydroxyl groups excluding tert-OH is 1. The number of aliphatic hydroxyl groups is 1. The van der Waals surface area contributed by atoms with Gasteiger partial charge in [-0.2, -0.15) is 0 Å². The van der Waals surface area contributed by atoms with E-state index in [0.717, 1.165) is 25.7 Å². The Kier molecular flexibility index (Phi) is 4.11.